The van der Waals surface area contributed by atoms with Crippen LogP contribution in [0.2, 0.25) is 0 Å². The van der Waals surface area contributed by atoms with Crippen molar-refractivity contribution < 1.29 is 25.3 Å². The molecule has 0 amide bonds. The van der Waals surface area contributed by atoms with Gasteiger partial charge in [0.15, 0.2) is 0 Å². The van der Waals surface area contributed by atoms with Gasteiger partial charge in [0.25, 0.3) is 0 Å². The molecule has 3 aromatic rings. The first-order chi connectivity index (χ1) is 18.3. The van der Waals surface area contributed by atoms with Gasteiger partial charge in [-0.1, -0.05) is 53.1 Å². The van der Waals surface area contributed by atoms with Gasteiger partial charge >= 0.3 is 0 Å². The molecule has 0 fully saturated rings. The zero-order valence-corrected chi connectivity index (χ0v) is 30.7. The minimum atomic E-state index is -3.88. The van der Waals surface area contributed by atoms with E-state index in [1.54, 1.807) is 36.4 Å². The van der Waals surface area contributed by atoms with E-state index in [-0.39, 0.29) is 113 Å². The molecule has 0 bridgehead atoms. The summed E-state index contributed by atoms with van der Waals surface area (Å²) in [5, 5.41) is 0. The fourth-order valence-electron chi connectivity index (χ4n) is 3.74. The van der Waals surface area contributed by atoms with Crippen LogP contribution in [0.25, 0.3) is 0 Å². The summed E-state index contributed by atoms with van der Waals surface area (Å²) in [5.74, 6) is 0. The number of sulfonamides is 3. The monoisotopic (exact) mass is 639 g/mol. The first kappa shape index (κ1) is 38.4. The molecule has 0 saturated carbocycles. The summed E-state index contributed by atoms with van der Waals surface area (Å²) >= 11 is 0. The molecule has 0 saturated heterocycles. The quantitative estimate of drug-likeness (QED) is 0.206. The zero-order valence-electron chi connectivity index (χ0n) is 24.3. The topological polar surface area (TPSA) is 130 Å². The van der Waals surface area contributed by atoms with Gasteiger partial charge in [-0.2, -0.15) is 4.31 Å². The van der Waals surface area contributed by atoms with Gasteiger partial charge < -0.3 is 0 Å². The van der Waals surface area contributed by atoms with Crippen LogP contribution in [0.1, 0.15) is 29.5 Å². The Bertz CT molecular complexity index is 1480. The molecule has 41 heavy (non-hydrogen) atoms. The van der Waals surface area contributed by atoms with Crippen LogP contribution in [0.3, 0.4) is 0 Å². The maximum absolute atomic E-state index is 13.4. The number of rotatable bonds is 14. The number of nitrogens with zero attached hydrogens (tertiary/aromatic N) is 1. The minimum Gasteiger partial charge on any atom is -0.211 e. The van der Waals surface area contributed by atoms with Gasteiger partial charge in [-0.3, -0.25) is 0 Å². The number of aryl methyl sites for hydroxylation is 3. The molecule has 2 radical (unpaired) electrons. The second-order valence-corrected chi connectivity index (χ2v) is 14.8. The Morgan fingerprint density at radius 1 is 0.512 bits per heavy atom. The van der Waals surface area contributed by atoms with E-state index in [1.165, 1.54) is 40.7 Å². The molecular weight excluding hydrogens is 604 g/mol. The molecule has 0 atom stereocenters. The van der Waals surface area contributed by atoms with Gasteiger partial charge in [0.1, 0.15) is 0 Å². The van der Waals surface area contributed by atoms with Crippen LogP contribution >= 0.6 is 0 Å². The summed E-state index contributed by atoms with van der Waals surface area (Å²) < 4.78 is 83.3. The number of nitrogens with one attached hydrogen (secondary N) is 2. The third kappa shape index (κ3) is 11.4. The van der Waals surface area contributed by atoms with E-state index < -0.39 is 30.1 Å². The molecule has 9 nitrogen and oxygen atoms in total. The normalized spacial score (nSPS) is 12.0. The molecule has 14 heteroatoms. The molecule has 0 unspecified atom stereocenters. The van der Waals surface area contributed by atoms with Crippen LogP contribution in [0.5, 0.6) is 0 Å². The molecule has 0 spiro atoms. The smallest absolute Gasteiger partial charge is 0.211 e. The van der Waals surface area contributed by atoms with Crippen molar-refractivity contribution in [3.63, 3.8) is 0 Å². The Morgan fingerprint density at radius 2 is 0.805 bits per heavy atom. The van der Waals surface area contributed by atoms with Gasteiger partial charge in [0, 0.05) is 85.3 Å². The minimum absolute atomic E-state index is 0. The van der Waals surface area contributed by atoms with E-state index in [2.05, 4.69) is 9.44 Å². The average Bonchev–Trinajstić information content (AvgIpc) is 2.88. The largest absolute Gasteiger partial charge is 0.243 e. The van der Waals surface area contributed by atoms with E-state index in [0.717, 1.165) is 16.7 Å². The van der Waals surface area contributed by atoms with E-state index in [4.69, 9.17) is 0 Å². The second-order valence-electron chi connectivity index (χ2n) is 9.35. The molecule has 214 valence electrons. The Labute approximate surface area is 289 Å². The predicted molar refractivity (Wildman–Crippen MR) is 163 cm³/mol. The van der Waals surface area contributed by atoms with Crippen molar-refractivity contribution in [3.8, 4) is 0 Å². The molecule has 3 aromatic carbocycles. The Balaban J connectivity index is 0.00000420. The van der Waals surface area contributed by atoms with Gasteiger partial charge in [-0.25, -0.2) is 34.7 Å². The zero-order chi connectivity index (χ0) is 28.7. The summed E-state index contributed by atoms with van der Waals surface area (Å²) in [6, 6.07) is 19.4. The van der Waals surface area contributed by atoms with Crippen LogP contribution < -0.4 is 9.44 Å². The molecular formula is C27H35N3Na2O6S3. The Hall–Kier alpha value is -0.610. The van der Waals surface area contributed by atoms with Crippen molar-refractivity contribution in [1.29, 1.82) is 0 Å². The fourth-order valence-corrected chi connectivity index (χ4v) is 7.40. The van der Waals surface area contributed by atoms with Gasteiger partial charge in [0.2, 0.25) is 30.1 Å². The van der Waals surface area contributed by atoms with E-state index in [1.807, 2.05) is 20.8 Å². The van der Waals surface area contributed by atoms with E-state index >= 15 is 0 Å². The van der Waals surface area contributed by atoms with Crippen LogP contribution in [-0.4, -0.2) is 115 Å². The van der Waals surface area contributed by atoms with Gasteiger partial charge in [-0.15, -0.1) is 0 Å². The molecule has 0 aromatic heterocycles. The first-order valence-electron chi connectivity index (χ1n) is 12.5. The Kier molecular flexibility index (Phi) is 16.0. The fraction of sp³-hybridized carbons (Fsp3) is 0.333. The van der Waals surface area contributed by atoms with Gasteiger partial charge in [-0.05, 0) is 70.0 Å². The molecule has 2 N–H and O–H groups in total. The maximum atomic E-state index is 13.4. The van der Waals surface area contributed by atoms with Crippen LogP contribution in [0, 0.1) is 20.8 Å². The Morgan fingerprint density at radius 3 is 1.12 bits per heavy atom. The van der Waals surface area contributed by atoms with Crippen molar-refractivity contribution >= 4 is 89.2 Å². The van der Waals surface area contributed by atoms with Crippen LogP contribution in [0.15, 0.2) is 87.5 Å². The van der Waals surface area contributed by atoms with E-state index in [0.29, 0.717) is 0 Å². The van der Waals surface area contributed by atoms with E-state index in [9.17, 15) is 25.3 Å². The van der Waals surface area contributed by atoms with Crippen molar-refractivity contribution in [2.24, 2.45) is 0 Å². The molecule has 0 aliphatic heterocycles. The summed E-state index contributed by atoms with van der Waals surface area (Å²) in [6.45, 7) is 5.76. The summed E-state index contributed by atoms with van der Waals surface area (Å²) in [4.78, 5) is 0.393. The predicted octanol–water partition coefficient (Wildman–Crippen LogP) is 2.58. The maximum Gasteiger partial charge on any atom is 0.243 e. The standard InChI is InChI=1S/C27H35N3O6S3.2Na/c1-22-6-12-25(13-7-22)37(31,32)28-18-4-20-30(39(35,36)27-16-10-24(3)11-17-27)21-5-19-29-38(33,34)26-14-8-23(2)9-15-26;;/h6-17,28-29H,4-5,18-21H2,1-3H3;;. The summed E-state index contributed by atoms with van der Waals surface area (Å²) in [7, 11) is -11.3. The van der Waals surface area contributed by atoms with Crippen molar-refractivity contribution in [1.82, 2.24) is 13.7 Å². The third-order valence-corrected chi connectivity index (χ3v) is 10.9. The van der Waals surface area contributed by atoms with Crippen molar-refractivity contribution in [2.75, 3.05) is 26.2 Å². The summed E-state index contributed by atoms with van der Waals surface area (Å²) in [6.07, 6.45) is 0.455. The molecule has 0 heterocycles. The third-order valence-electron chi connectivity index (χ3n) is 6.07. The van der Waals surface area contributed by atoms with Gasteiger partial charge in [0.05, 0.1) is 14.7 Å². The molecule has 0 aliphatic carbocycles. The van der Waals surface area contributed by atoms with Crippen LogP contribution in [-0.2, 0) is 30.1 Å². The number of hydrogen-bond donors (Lipinski definition) is 2. The molecule has 0 aliphatic rings. The summed E-state index contributed by atoms with van der Waals surface area (Å²) in [5.41, 5.74) is 2.79. The van der Waals surface area contributed by atoms with Crippen molar-refractivity contribution in [3.05, 3.63) is 89.5 Å². The SMILES string of the molecule is Cc1ccc(S(=O)(=O)NCCCN(CCCNS(=O)(=O)c2ccc(C)cc2)S(=O)(=O)c2ccc(C)cc2)cc1.[Na].[Na]. The molecule has 3 rings (SSSR count). The second kappa shape index (κ2) is 17.0. The number of hydrogen-bond acceptors (Lipinski definition) is 6. The average molecular weight is 640 g/mol. The number of benzene rings is 3. The van der Waals surface area contributed by atoms with Crippen LogP contribution in [0.4, 0.5) is 0 Å². The first-order valence-corrected chi connectivity index (χ1v) is 16.9. The van der Waals surface area contributed by atoms with Crippen molar-refractivity contribution in [2.45, 2.75) is 48.3 Å².